The summed E-state index contributed by atoms with van der Waals surface area (Å²) in [6.07, 6.45) is 0. The van der Waals surface area contributed by atoms with Gasteiger partial charge in [0.05, 0.1) is 5.69 Å². The van der Waals surface area contributed by atoms with Crippen LogP contribution in [0.15, 0.2) is 35.1 Å². The zero-order chi connectivity index (χ0) is 13.8. The zero-order valence-corrected chi connectivity index (χ0v) is 9.81. The van der Waals surface area contributed by atoms with Crippen molar-refractivity contribution in [2.45, 2.75) is 6.54 Å². The summed E-state index contributed by atoms with van der Waals surface area (Å²) in [5.41, 5.74) is 5.59. The number of aromatic amines is 1. The smallest absolute Gasteiger partial charge is 0.276 e. The van der Waals surface area contributed by atoms with Crippen LogP contribution in [-0.4, -0.2) is 16.1 Å². The molecule has 4 N–H and O–H groups in total. The summed E-state index contributed by atoms with van der Waals surface area (Å²) < 4.78 is 13.6. The molecule has 0 saturated heterocycles. The molecule has 0 bridgehead atoms. The first-order valence-electron chi connectivity index (χ1n) is 5.45. The number of carbonyl (C=O) groups is 1. The number of nitrogens with two attached hydrogens (primary N) is 1. The fourth-order valence-electron chi connectivity index (χ4n) is 1.44. The van der Waals surface area contributed by atoms with Gasteiger partial charge >= 0.3 is 0 Å². The van der Waals surface area contributed by atoms with E-state index in [-0.39, 0.29) is 17.9 Å². The Morgan fingerprint density at radius 1 is 1.37 bits per heavy atom. The van der Waals surface area contributed by atoms with Gasteiger partial charge in [-0.25, -0.2) is 9.49 Å². The number of H-pyrrole nitrogens is 1. The van der Waals surface area contributed by atoms with Crippen molar-refractivity contribution < 1.29 is 9.18 Å². The van der Waals surface area contributed by atoms with Crippen LogP contribution < -0.4 is 16.6 Å². The van der Waals surface area contributed by atoms with Crippen molar-refractivity contribution in [2.24, 2.45) is 5.73 Å². The predicted molar refractivity (Wildman–Crippen MR) is 67.1 cm³/mol. The second-order valence-corrected chi connectivity index (χ2v) is 3.78. The van der Waals surface area contributed by atoms with Crippen molar-refractivity contribution >= 4 is 11.6 Å². The maximum atomic E-state index is 13.6. The van der Waals surface area contributed by atoms with Crippen molar-refractivity contribution in [3.63, 3.8) is 0 Å². The molecule has 0 aliphatic carbocycles. The second kappa shape index (κ2) is 5.40. The van der Waals surface area contributed by atoms with E-state index < -0.39 is 17.3 Å². The molecule has 0 fully saturated rings. The Balaban J connectivity index is 2.19. The summed E-state index contributed by atoms with van der Waals surface area (Å²) in [5.74, 6) is -1.20. The zero-order valence-electron chi connectivity index (χ0n) is 9.81. The lowest BCUT2D eigenvalue weighted by Crippen LogP contribution is -2.18. The summed E-state index contributed by atoms with van der Waals surface area (Å²) in [7, 11) is 0. The number of hydrogen-bond acceptors (Lipinski definition) is 4. The van der Waals surface area contributed by atoms with Crippen LogP contribution in [0.1, 0.15) is 16.1 Å². The standard InChI is InChI=1S/C12H11FN4O2/c13-8-5-7(6-14)1-2-9(8)15-12(19)10-3-4-11(18)17-16-10/h1-5H,6,14H2,(H,15,19)(H,17,18). The third-order valence-corrected chi connectivity index (χ3v) is 2.43. The molecule has 2 rings (SSSR count). The van der Waals surface area contributed by atoms with Gasteiger partial charge in [0, 0.05) is 12.6 Å². The van der Waals surface area contributed by atoms with Crippen molar-refractivity contribution in [1.29, 1.82) is 0 Å². The number of nitrogens with one attached hydrogen (secondary N) is 2. The molecule has 0 radical (unpaired) electrons. The number of anilines is 1. The number of nitrogens with zero attached hydrogens (tertiary/aromatic N) is 1. The van der Waals surface area contributed by atoms with E-state index >= 15 is 0 Å². The number of carbonyl (C=O) groups excluding carboxylic acids is 1. The molecular formula is C12H11FN4O2. The highest BCUT2D eigenvalue weighted by Gasteiger charge is 2.11. The maximum Gasteiger partial charge on any atom is 0.276 e. The van der Waals surface area contributed by atoms with Gasteiger partial charge in [0.1, 0.15) is 11.5 Å². The molecule has 1 amide bonds. The number of aromatic nitrogens is 2. The highest BCUT2D eigenvalue weighted by Crippen LogP contribution is 2.16. The molecule has 0 spiro atoms. The first kappa shape index (κ1) is 12.9. The second-order valence-electron chi connectivity index (χ2n) is 3.78. The summed E-state index contributed by atoms with van der Waals surface area (Å²) >= 11 is 0. The Kier molecular flexibility index (Phi) is 3.67. The van der Waals surface area contributed by atoms with Crippen molar-refractivity contribution in [3.05, 3.63) is 57.8 Å². The summed E-state index contributed by atoms with van der Waals surface area (Å²) in [6.45, 7) is 0.215. The predicted octanol–water partition coefficient (Wildman–Crippen LogP) is 0.620. The van der Waals surface area contributed by atoms with Crippen molar-refractivity contribution in [2.75, 3.05) is 5.32 Å². The summed E-state index contributed by atoms with van der Waals surface area (Å²) in [5, 5.41) is 8.03. The minimum absolute atomic E-state index is 0.0121. The minimum atomic E-state index is -0.615. The van der Waals surface area contributed by atoms with Crippen LogP contribution in [-0.2, 0) is 6.54 Å². The van der Waals surface area contributed by atoms with Crippen molar-refractivity contribution in [3.8, 4) is 0 Å². The van der Waals surface area contributed by atoms with E-state index in [2.05, 4.69) is 15.5 Å². The number of halogens is 1. The summed E-state index contributed by atoms with van der Waals surface area (Å²) in [4.78, 5) is 22.6. The topological polar surface area (TPSA) is 101 Å². The van der Waals surface area contributed by atoms with E-state index in [1.54, 1.807) is 6.07 Å². The van der Waals surface area contributed by atoms with Gasteiger partial charge in [0.2, 0.25) is 0 Å². The number of hydrogen-bond donors (Lipinski definition) is 3. The van der Waals surface area contributed by atoms with Crippen LogP contribution in [0.3, 0.4) is 0 Å². The third kappa shape index (κ3) is 3.02. The Bertz CT molecular complexity index is 649. The largest absolute Gasteiger partial charge is 0.326 e. The molecule has 0 atom stereocenters. The molecule has 0 unspecified atom stereocenters. The van der Waals surface area contributed by atoms with Crippen LogP contribution >= 0.6 is 0 Å². The molecule has 0 aliphatic rings. The molecule has 19 heavy (non-hydrogen) atoms. The van der Waals surface area contributed by atoms with Crippen LogP contribution in [0.25, 0.3) is 0 Å². The highest BCUT2D eigenvalue weighted by molar-refractivity contribution is 6.02. The van der Waals surface area contributed by atoms with E-state index in [4.69, 9.17) is 5.73 Å². The molecule has 7 heteroatoms. The molecule has 0 saturated carbocycles. The Hall–Kier alpha value is -2.54. The Labute approximate surface area is 107 Å². The average molecular weight is 262 g/mol. The van der Waals surface area contributed by atoms with Gasteiger partial charge in [-0.15, -0.1) is 0 Å². The van der Waals surface area contributed by atoms with E-state index in [1.807, 2.05) is 0 Å². The molecular weight excluding hydrogens is 251 g/mol. The lowest BCUT2D eigenvalue weighted by atomic mass is 10.2. The van der Waals surface area contributed by atoms with Crippen molar-refractivity contribution in [1.82, 2.24) is 10.2 Å². The highest BCUT2D eigenvalue weighted by atomic mass is 19.1. The maximum absolute atomic E-state index is 13.6. The molecule has 98 valence electrons. The fourth-order valence-corrected chi connectivity index (χ4v) is 1.44. The van der Waals surface area contributed by atoms with Crippen LogP contribution in [0.5, 0.6) is 0 Å². The number of benzene rings is 1. The lowest BCUT2D eigenvalue weighted by molar-refractivity contribution is 0.102. The van der Waals surface area contributed by atoms with Gasteiger partial charge in [0.25, 0.3) is 11.5 Å². The quantitative estimate of drug-likeness (QED) is 0.754. The van der Waals surface area contributed by atoms with Crippen LogP contribution in [0, 0.1) is 5.82 Å². The van der Waals surface area contributed by atoms with Gasteiger partial charge in [-0.1, -0.05) is 6.07 Å². The van der Waals surface area contributed by atoms with Crippen LogP contribution in [0.2, 0.25) is 0 Å². The van der Waals surface area contributed by atoms with E-state index in [9.17, 15) is 14.0 Å². The Morgan fingerprint density at radius 3 is 2.74 bits per heavy atom. The molecule has 0 aliphatic heterocycles. The molecule has 1 aromatic heterocycles. The monoisotopic (exact) mass is 262 g/mol. The van der Waals surface area contributed by atoms with E-state index in [0.29, 0.717) is 5.56 Å². The first-order chi connectivity index (χ1) is 9.10. The van der Waals surface area contributed by atoms with Gasteiger partial charge in [-0.2, -0.15) is 5.10 Å². The van der Waals surface area contributed by atoms with Crippen LogP contribution in [0.4, 0.5) is 10.1 Å². The number of rotatable bonds is 3. The lowest BCUT2D eigenvalue weighted by Gasteiger charge is -2.06. The average Bonchev–Trinajstić information content (AvgIpc) is 2.41. The first-order valence-corrected chi connectivity index (χ1v) is 5.45. The molecule has 2 aromatic rings. The number of amides is 1. The minimum Gasteiger partial charge on any atom is -0.326 e. The molecule has 1 aromatic carbocycles. The van der Waals surface area contributed by atoms with Gasteiger partial charge in [-0.3, -0.25) is 9.59 Å². The molecule has 1 heterocycles. The normalized spacial score (nSPS) is 10.2. The van der Waals surface area contributed by atoms with Gasteiger partial charge in [0.15, 0.2) is 0 Å². The Morgan fingerprint density at radius 2 is 2.16 bits per heavy atom. The van der Waals surface area contributed by atoms with E-state index in [1.165, 1.54) is 18.2 Å². The van der Waals surface area contributed by atoms with Gasteiger partial charge in [-0.05, 0) is 23.8 Å². The third-order valence-electron chi connectivity index (χ3n) is 2.43. The van der Waals surface area contributed by atoms with Gasteiger partial charge < -0.3 is 11.1 Å². The fraction of sp³-hybridized carbons (Fsp3) is 0.0833. The SMILES string of the molecule is NCc1ccc(NC(=O)c2ccc(=O)[nH]n2)c(F)c1. The van der Waals surface area contributed by atoms with E-state index in [0.717, 1.165) is 6.07 Å². The summed E-state index contributed by atoms with van der Waals surface area (Å²) in [6, 6.07) is 6.69. The molecule has 6 nitrogen and oxygen atoms in total.